The van der Waals surface area contributed by atoms with Crippen LogP contribution in [0, 0.1) is 0 Å². The van der Waals surface area contributed by atoms with Gasteiger partial charge in [0.1, 0.15) is 0 Å². The van der Waals surface area contributed by atoms with E-state index >= 15 is 0 Å². The fourth-order valence-electron chi connectivity index (χ4n) is 1.74. The third-order valence-electron chi connectivity index (χ3n) is 2.76. The van der Waals surface area contributed by atoms with Gasteiger partial charge in [0.15, 0.2) is 0 Å². The molecule has 4 heteroatoms. The molecular formula is C14H14Cl2N2. The number of alkyl halides is 1. The van der Waals surface area contributed by atoms with Gasteiger partial charge in [-0.25, -0.2) is 0 Å². The van der Waals surface area contributed by atoms with Gasteiger partial charge in [0, 0.05) is 42.6 Å². The lowest BCUT2D eigenvalue weighted by atomic mass is 10.2. The molecule has 0 N–H and O–H groups in total. The van der Waals surface area contributed by atoms with Crippen LogP contribution in [-0.4, -0.2) is 12.0 Å². The molecule has 2 aromatic rings. The average Bonchev–Trinajstić information content (AvgIpc) is 2.39. The minimum atomic E-state index is 0.436. The van der Waals surface area contributed by atoms with E-state index in [0.29, 0.717) is 10.9 Å². The molecule has 0 amide bonds. The highest BCUT2D eigenvalue weighted by Crippen LogP contribution is 2.25. The van der Waals surface area contributed by atoms with Crippen LogP contribution in [0.25, 0.3) is 0 Å². The molecular weight excluding hydrogens is 267 g/mol. The van der Waals surface area contributed by atoms with Crippen LogP contribution >= 0.6 is 23.2 Å². The predicted octanol–water partition coefficient (Wildman–Crippen LogP) is 4.11. The summed E-state index contributed by atoms with van der Waals surface area (Å²) in [5, 5.41) is 0.709. The van der Waals surface area contributed by atoms with Gasteiger partial charge in [0.05, 0.1) is 0 Å². The normalized spacial score (nSPS) is 10.4. The van der Waals surface area contributed by atoms with Crippen LogP contribution in [0.5, 0.6) is 0 Å². The molecule has 2 rings (SSSR count). The highest BCUT2D eigenvalue weighted by Gasteiger charge is 2.05. The number of nitrogens with zero attached hydrogens (tertiary/aromatic N) is 2. The zero-order chi connectivity index (χ0) is 13.0. The van der Waals surface area contributed by atoms with Gasteiger partial charge in [0.25, 0.3) is 0 Å². The molecule has 1 aromatic heterocycles. The molecule has 0 atom stereocenters. The van der Waals surface area contributed by atoms with Crippen LogP contribution < -0.4 is 4.90 Å². The molecule has 2 nitrogen and oxygen atoms in total. The molecule has 18 heavy (non-hydrogen) atoms. The summed E-state index contributed by atoms with van der Waals surface area (Å²) in [5.41, 5.74) is 3.19. The number of benzene rings is 1. The number of hydrogen-bond donors (Lipinski definition) is 0. The van der Waals surface area contributed by atoms with Crippen LogP contribution in [0.2, 0.25) is 5.02 Å². The van der Waals surface area contributed by atoms with Crippen LogP contribution in [0.4, 0.5) is 5.69 Å². The molecule has 0 unspecified atom stereocenters. The fraction of sp³-hybridized carbons (Fsp3) is 0.214. The van der Waals surface area contributed by atoms with Gasteiger partial charge in [-0.2, -0.15) is 0 Å². The Morgan fingerprint density at radius 3 is 2.72 bits per heavy atom. The van der Waals surface area contributed by atoms with Crippen molar-refractivity contribution in [2.45, 2.75) is 12.4 Å². The molecule has 1 aromatic carbocycles. The van der Waals surface area contributed by atoms with Gasteiger partial charge in [-0.05, 0) is 29.3 Å². The maximum Gasteiger partial charge on any atom is 0.0488 e. The first-order valence-corrected chi connectivity index (χ1v) is 6.56. The smallest absolute Gasteiger partial charge is 0.0488 e. The van der Waals surface area contributed by atoms with Gasteiger partial charge in [-0.3, -0.25) is 4.98 Å². The summed E-state index contributed by atoms with van der Waals surface area (Å²) in [6.07, 6.45) is 3.64. The minimum Gasteiger partial charge on any atom is -0.370 e. The van der Waals surface area contributed by atoms with Gasteiger partial charge in [-0.1, -0.05) is 23.7 Å². The Labute approximate surface area is 117 Å². The van der Waals surface area contributed by atoms with Crippen molar-refractivity contribution in [3.8, 4) is 0 Å². The van der Waals surface area contributed by atoms with E-state index < -0.39 is 0 Å². The zero-order valence-corrected chi connectivity index (χ0v) is 11.6. The van der Waals surface area contributed by atoms with Crippen molar-refractivity contribution < 1.29 is 0 Å². The van der Waals surface area contributed by atoms with Crippen molar-refractivity contribution in [2.75, 3.05) is 11.9 Å². The monoisotopic (exact) mass is 280 g/mol. The highest BCUT2D eigenvalue weighted by molar-refractivity contribution is 6.32. The summed E-state index contributed by atoms with van der Waals surface area (Å²) in [4.78, 5) is 6.23. The van der Waals surface area contributed by atoms with Gasteiger partial charge in [0.2, 0.25) is 0 Å². The number of hydrogen-bond acceptors (Lipinski definition) is 2. The Balaban J connectivity index is 2.14. The van der Waals surface area contributed by atoms with E-state index in [-0.39, 0.29) is 0 Å². The zero-order valence-electron chi connectivity index (χ0n) is 10.1. The predicted molar refractivity (Wildman–Crippen MR) is 77.4 cm³/mol. The van der Waals surface area contributed by atoms with Crippen molar-refractivity contribution in [3.05, 3.63) is 58.9 Å². The van der Waals surface area contributed by atoms with Crippen LogP contribution in [-0.2, 0) is 12.4 Å². The van der Waals surface area contributed by atoms with Crippen LogP contribution in [0.3, 0.4) is 0 Å². The first-order valence-electron chi connectivity index (χ1n) is 5.65. The van der Waals surface area contributed by atoms with E-state index in [1.165, 1.54) is 0 Å². The summed E-state index contributed by atoms with van der Waals surface area (Å²) in [6.45, 7) is 0.796. The molecule has 0 aliphatic heterocycles. The number of pyridine rings is 1. The molecule has 0 spiro atoms. The maximum atomic E-state index is 6.15. The summed E-state index contributed by atoms with van der Waals surface area (Å²) < 4.78 is 0. The number of anilines is 1. The van der Waals surface area contributed by atoms with Gasteiger partial charge >= 0.3 is 0 Å². The van der Waals surface area contributed by atoms with Crippen molar-refractivity contribution in [1.29, 1.82) is 0 Å². The maximum absolute atomic E-state index is 6.15. The lowest BCUT2D eigenvalue weighted by molar-refractivity contribution is 0.915. The molecule has 0 bridgehead atoms. The quantitative estimate of drug-likeness (QED) is 0.784. The first kappa shape index (κ1) is 13.2. The van der Waals surface area contributed by atoms with E-state index in [1.807, 2.05) is 37.5 Å². The molecule has 0 aliphatic carbocycles. The standard InChI is InChI=1S/C14H14Cl2N2/c1-18(10-11-3-2-6-17-9-11)13-5-4-12(8-15)14(16)7-13/h2-7,9H,8,10H2,1H3. The topological polar surface area (TPSA) is 16.1 Å². The Morgan fingerprint density at radius 2 is 2.11 bits per heavy atom. The van der Waals surface area contributed by atoms with Crippen molar-refractivity contribution >= 4 is 28.9 Å². The third kappa shape index (κ3) is 3.15. The molecule has 0 saturated carbocycles. The summed E-state index contributed by atoms with van der Waals surface area (Å²) in [5.74, 6) is 0.436. The minimum absolute atomic E-state index is 0.436. The molecule has 94 valence electrons. The Hall–Kier alpha value is -1.25. The molecule has 0 saturated heterocycles. The second-order valence-electron chi connectivity index (χ2n) is 4.13. The summed E-state index contributed by atoms with van der Waals surface area (Å²) in [7, 11) is 2.03. The second kappa shape index (κ2) is 6.07. The van der Waals surface area contributed by atoms with E-state index in [1.54, 1.807) is 6.20 Å². The number of rotatable bonds is 4. The first-order chi connectivity index (χ1) is 8.70. The highest BCUT2D eigenvalue weighted by atomic mass is 35.5. The van der Waals surface area contributed by atoms with Crippen LogP contribution in [0.1, 0.15) is 11.1 Å². The van der Waals surface area contributed by atoms with Crippen molar-refractivity contribution in [3.63, 3.8) is 0 Å². The summed E-state index contributed by atoms with van der Waals surface area (Å²) in [6, 6.07) is 9.92. The van der Waals surface area contributed by atoms with Crippen molar-refractivity contribution in [1.82, 2.24) is 4.98 Å². The largest absolute Gasteiger partial charge is 0.370 e. The Morgan fingerprint density at radius 1 is 1.28 bits per heavy atom. The van der Waals surface area contributed by atoms with E-state index in [9.17, 15) is 0 Å². The lowest BCUT2D eigenvalue weighted by Gasteiger charge is -2.20. The fourth-order valence-corrected chi connectivity index (χ4v) is 2.28. The SMILES string of the molecule is CN(Cc1cccnc1)c1ccc(CCl)c(Cl)c1. The molecule has 1 heterocycles. The van der Waals surface area contributed by atoms with Gasteiger partial charge < -0.3 is 4.90 Å². The van der Waals surface area contributed by atoms with Crippen molar-refractivity contribution in [2.24, 2.45) is 0 Å². The number of aromatic nitrogens is 1. The van der Waals surface area contributed by atoms with Gasteiger partial charge in [-0.15, -0.1) is 11.6 Å². The van der Waals surface area contributed by atoms with E-state index in [2.05, 4.69) is 16.0 Å². The average molecular weight is 281 g/mol. The third-order valence-corrected chi connectivity index (χ3v) is 3.40. The second-order valence-corrected chi connectivity index (χ2v) is 4.80. The summed E-state index contributed by atoms with van der Waals surface area (Å²) >= 11 is 11.9. The molecule has 0 radical (unpaired) electrons. The lowest BCUT2D eigenvalue weighted by Crippen LogP contribution is -2.16. The Bertz CT molecular complexity index is 514. The van der Waals surface area contributed by atoms with E-state index in [0.717, 1.165) is 23.4 Å². The van der Waals surface area contributed by atoms with Crippen LogP contribution in [0.15, 0.2) is 42.7 Å². The molecule has 0 aliphatic rings. The number of halogens is 2. The Kier molecular flexibility index (Phi) is 4.45. The molecule has 0 fully saturated rings. The van der Waals surface area contributed by atoms with E-state index in [4.69, 9.17) is 23.2 Å².